The van der Waals surface area contributed by atoms with Crippen LogP contribution in [0.1, 0.15) is 24.2 Å². The zero-order valence-corrected chi connectivity index (χ0v) is 14.3. The molecule has 2 aromatic rings. The Morgan fingerprint density at radius 3 is 2.42 bits per heavy atom. The zero-order valence-electron chi connectivity index (χ0n) is 14.3. The fraction of sp³-hybridized carbons (Fsp3) is 0.368. The Hall–Kier alpha value is -2.24. The summed E-state index contributed by atoms with van der Waals surface area (Å²) in [5.41, 5.74) is 1.65. The minimum atomic E-state index is -0.751. The van der Waals surface area contributed by atoms with Gasteiger partial charge in [0.1, 0.15) is 5.75 Å². The largest absolute Gasteiger partial charge is 0.508 e. The molecule has 0 aliphatic heterocycles. The number of methoxy groups -OCH3 is 2. The minimum Gasteiger partial charge on any atom is -0.508 e. The lowest BCUT2D eigenvalue weighted by molar-refractivity contribution is 0.167. The van der Waals surface area contributed by atoms with Crippen molar-refractivity contribution in [3.05, 3.63) is 53.6 Å². The number of phenols is 1. The molecule has 3 N–H and O–H groups in total. The van der Waals surface area contributed by atoms with E-state index in [0.29, 0.717) is 23.6 Å². The number of phenolic OH excluding ortho intramolecular Hbond substituents is 1. The number of hydrogen-bond acceptors (Lipinski definition) is 5. The third kappa shape index (κ3) is 4.63. The molecule has 0 spiro atoms. The van der Waals surface area contributed by atoms with Crippen molar-refractivity contribution < 1.29 is 19.7 Å². The highest BCUT2D eigenvalue weighted by atomic mass is 16.5. The van der Waals surface area contributed by atoms with Crippen LogP contribution in [0.3, 0.4) is 0 Å². The molecule has 0 radical (unpaired) electrons. The summed E-state index contributed by atoms with van der Waals surface area (Å²) in [5, 5.41) is 23.3. The summed E-state index contributed by atoms with van der Waals surface area (Å²) in [5.74, 6) is 1.52. The fourth-order valence-electron chi connectivity index (χ4n) is 2.63. The van der Waals surface area contributed by atoms with Gasteiger partial charge in [-0.2, -0.15) is 0 Å². The molecule has 5 nitrogen and oxygen atoms in total. The number of para-hydroxylation sites is 1. The summed E-state index contributed by atoms with van der Waals surface area (Å²) in [6.07, 6.45) is 0.0347. The van der Waals surface area contributed by atoms with Crippen LogP contribution in [-0.4, -0.2) is 37.0 Å². The average molecular weight is 331 g/mol. The number of aromatic hydroxyl groups is 1. The lowest BCUT2D eigenvalue weighted by atomic mass is 10.0. The Bertz CT molecular complexity index is 660. The number of aliphatic hydroxyl groups is 1. The second kappa shape index (κ2) is 8.57. The van der Waals surface area contributed by atoms with Gasteiger partial charge in [0.2, 0.25) is 0 Å². The molecule has 0 bridgehead atoms. The van der Waals surface area contributed by atoms with E-state index in [9.17, 15) is 10.2 Å². The van der Waals surface area contributed by atoms with E-state index < -0.39 is 6.10 Å². The van der Waals surface area contributed by atoms with Gasteiger partial charge >= 0.3 is 0 Å². The Balaban J connectivity index is 1.91. The average Bonchev–Trinajstić information content (AvgIpc) is 2.60. The maximum Gasteiger partial charge on any atom is 0.160 e. The number of benzene rings is 2. The number of hydrogen-bond donors (Lipinski definition) is 3. The minimum absolute atomic E-state index is 0.111. The predicted octanol–water partition coefficient (Wildman–Crippen LogP) is 2.66. The molecule has 2 aromatic carbocycles. The molecule has 0 amide bonds. The predicted molar refractivity (Wildman–Crippen MR) is 93.8 cm³/mol. The maximum absolute atomic E-state index is 10.2. The molecule has 2 rings (SSSR count). The van der Waals surface area contributed by atoms with Crippen LogP contribution >= 0.6 is 0 Å². The van der Waals surface area contributed by atoms with Gasteiger partial charge < -0.3 is 25.0 Å². The van der Waals surface area contributed by atoms with Crippen molar-refractivity contribution in [3.63, 3.8) is 0 Å². The first-order valence-electron chi connectivity index (χ1n) is 7.95. The molecule has 0 aliphatic carbocycles. The summed E-state index contributed by atoms with van der Waals surface area (Å²) in [7, 11) is 3.23. The van der Waals surface area contributed by atoms with Gasteiger partial charge in [0, 0.05) is 18.2 Å². The molecule has 0 heterocycles. The summed E-state index contributed by atoms with van der Waals surface area (Å²) >= 11 is 0. The van der Waals surface area contributed by atoms with E-state index in [2.05, 4.69) is 5.32 Å². The van der Waals surface area contributed by atoms with E-state index in [0.717, 1.165) is 12.0 Å². The van der Waals surface area contributed by atoms with Gasteiger partial charge in [0.25, 0.3) is 0 Å². The number of nitrogens with one attached hydrogen (secondary N) is 1. The highest BCUT2D eigenvalue weighted by Gasteiger charge is 2.13. The van der Waals surface area contributed by atoms with Gasteiger partial charge in [-0.3, -0.25) is 0 Å². The van der Waals surface area contributed by atoms with Crippen molar-refractivity contribution in [1.82, 2.24) is 5.32 Å². The van der Waals surface area contributed by atoms with E-state index in [-0.39, 0.29) is 11.8 Å². The van der Waals surface area contributed by atoms with Gasteiger partial charge in [0.15, 0.2) is 11.5 Å². The Labute approximate surface area is 142 Å². The van der Waals surface area contributed by atoms with E-state index >= 15 is 0 Å². The normalized spacial score (nSPS) is 13.3. The van der Waals surface area contributed by atoms with Crippen LogP contribution in [-0.2, 0) is 6.42 Å². The van der Waals surface area contributed by atoms with Crippen molar-refractivity contribution in [1.29, 1.82) is 0 Å². The van der Waals surface area contributed by atoms with E-state index in [1.165, 1.54) is 0 Å². The molecular formula is C19H25NO4. The summed E-state index contributed by atoms with van der Waals surface area (Å²) in [6.45, 7) is 2.42. The van der Waals surface area contributed by atoms with Crippen LogP contribution in [0.5, 0.6) is 17.2 Å². The maximum atomic E-state index is 10.2. The highest BCUT2D eigenvalue weighted by Crippen LogP contribution is 2.28. The Kier molecular flexibility index (Phi) is 6.46. The summed E-state index contributed by atoms with van der Waals surface area (Å²) in [4.78, 5) is 0. The first kappa shape index (κ1) is 18.1. The van der Waals surface area contributed by atoms with Crippen LogP contribution in [0.2, 0.25) is 0 Å². The SMILES string of the molecule is COc1ccc(CC(C)NCC(O)c2ccccc2O)cc1OC. The van der Waals surface area contributed by atoms with Gasteiger partial charge in [-0.05, 0) is 37.1 Å². The van der Waals surface area contributed by atoms with E-state index in [1.54, 1.807) is 38.5 Å². The molecular weight excluding hydrogens is 306 g/mol. The van der Waals surface area contributed by atoms with Gasteiger partial charge in [-0.25, -0.2) is 0 Å². The molecule has 0 saturated heterocycles. The van der Waals surface area contributed by atoms with Crippen LogP contribution < -0.4 is 14.8 Å². The quantitative estimate of drug-likeness (QED) is 0.694. The first-order chi connectivity index (χ1) is 11.5. The van der Waals surface area contributed by atoms with Crippen molar-refractivity contribution in [2.75, 3.05) is 20.8 Å². The van der Waals surface area contributed by atoms with Gasteiger partial charge in [-0.1, -0.05) is 24.3 Å². The van der Waals surface area contributed by atoms with E-state index in [1.807, 2.05) is 25.1 Å². The number of rotatable bonds is 8. The third-order valence-electron chi connectivity index (χ3n) is 3.95. The molecule has 130 valence electrons. The van der Waals surface area contributed by atoms with Crippen molar-refractivity contribution in [2.24, 2.45) is 0 Å². The number of aliphatic hydroxyl groups excluding tert-OH is 1. The lowest BCUT2D eigenvalue weighted by Gasteiger charge is -2.18. The molecule has 0 fully saturated rings. The molecule has 5 heteroatoms. The van der Waals surface area contributed by atoms with Crippen LogP contribution in [0.15, 0.2) is 42.5 Å². The monoisotopic (exact) mass is 331 g/mol. The van der Waals surface area contributed by atoms with Gasteiger partial charge in [0.05, 0.1) is 20.3 Å². The topological polar surface area (TPSA) is 71.0 Å². The second-order valence-electron chi connectivity index (χ2n) is 5.78. The third-order valence-corrected chi connectivity index (χ3v) is 3.95. The summed E-state index contributed by atoms with van der Waals surface area (Å²) < 4.78 is 10.6. The van der Waals surface area contributed by atoms with Crippen LogP contribution in [0.4, 0.5) is 0 Å². The second-order valence-corrected chi connectivity index (χ2v) is 5.78. The first-order valence-corrected chi connectivity index (χ1v) is 7.95. The van der Waals surface area contributed by atoms with Crippen LogP contribution in [0.25, 0.3) is 0 Å². The lowest BCUT2D eigenvalue weighted by Crippen LogP contribution is -2.32. The van der Waals surface area contributed by atoms with Crippen LogP contribution in [0, 0.1) is 0 Å². The molecule has 0 saturated carbocycles. The number of ether oxygens (including phenoxy) is 2. The van der Waals surface area contributed by atoms with E-state index in [4.69, 9.17) is 9.47 Å². The fourth-order valence-corrected chi connectivity index (χ4v) is 2.63. The van der Waals surface area contributed by atoms with Crippen molar-refractivity contribution in [3.8, 4) is 17.2 Å². The Morgan fingerprint density at radius 2 is 1.75 bits per heavy atom. The summed E-state index contributed by atoms with van der Waals surface area (Å²) in [6, 6.07) is 12.8. The standard InChI is InChI=1S/C19H25NO4/c1-13(10-14-8-9-18(23-2)19(11-14)24-3)20-12-17(22)15-6-4-5-7-16(15)21/h4-9,11,13,17,20-22H,10,12H2,1-3H3. The van der Waals surface area contributed by atoms with Crippen molar-refractivity contribution in [2.45, 2.75) is 25.5 Å². The molecule has 0 aliphatic rings. The van der Waals surface area contributed by atoms with Crippen molar-refractivity contribution >= 4 is 0 Å². The zero-order chi connectivity index (χ0) is 17.5. The Morgan fingerprint density at radius 1 is 1.04 bits per heavy atom. The molecule has 24 heavy (non-hydrogen) atoms. The molecule has 0 aromatic heterocycles. The smallest absolute Gasteiger partial charge is 0.160 e. The molecule has 2 unspecified atom stereocenters. The van der Waals surface area contributed by atoms with Gasteiger partial charge in [-0.15, -0.1) is 0 Å². The highest BCUT2D eigenvalue weighted by molar-refractivity contribution is 5.43. The molecule has 2 atom stereocenters.